The van der Waals surface area contributed by atoms with Gasteiger partial charge in [-0.05, 0) is 18.6 Å². The predicted molar refractivity (Wildman–Crippen MR) is 118 cm³/mol. The third-order valence-electron chi connectivity index (χ3n) is 4.52. The fourth-order valence-corrected chi connectivity index (χ4v) is 3.08. The zero-order valence-electron chi connectivity index (χ0n) is 15.8. The van der Waals surface area contributed by atoms with Crippen molar-refractivity contribution in [2.24, 2.45) is 4.99 Å². The Bertz CT molecular complexity index is 761. The van der Waals surface area contributed by atoms with Crippen LogP contribution in [0.2, 0.25) is 0 Å². The van der Waals surface area contributed by atoms with Crippen molar-refractivity contribution < 1.29 is 4.79 Å². The number of carbonyl (C=O) groups is 1. The van der Waals surface area contributed by atoms with E-state index in [4.69, 9.17) is 0 Å². The Balaban J connectivity index is 0.00000261. The lowest BCUT2D eigenvalue weighted by Crippen LogP contribution is -2.44. The Hall–Kier alpha value is -2.10. The summed E-state index contributed by atoms with van der Waals surface area (Å²) < 4.78 is 1.86. The maximum atomic E-state index is 11.8. The van der Waals surface area contributed by atoms with E-state index in [2.05, 4.69) is 20.7 Å². The molecule has 1 aliphatic rings. The Morgan fingerprint density at radius 1 is 1.33 bits per heavy atom. The number of halogens is 1. The fraction of sp³-hybridized carbons (Fsp3) is 0.421. The normalized spacial score (nSPS) is 16.7. The number of rotatable bonds is 5. The third kappa shape index (κ3) is 5.69. The minimum atomic E-state index is 0. The van der Waals surface area contributed by atoms with Gasteiger partial charge in [-0.25, -0.2) is 4.68 Å². The van der Waals surface area contributed by atoms with E-state index in [-0.39, 0.29) is 35.9 Å². The summed E-state index contributed by atoms with van der Waals surface area (Å²) >= 11 is 0. The van der Waals surface area contributed by atoms with Gasteiger partial charge >= 0.3 is 0 Å². The number of nitrogens with zero attached hydrogens (tertiary/aromatic N) is 4. The number of hydrogen-bond donors (Lipinski definition) is 2. The van der Waals surface area contributed by atoms with Gasteiger partial charge in [0.15, 0.2) is 5.96 Å². The molecule has 7 nitrogen and oxygen atoms in total. The summed E-state index contributed by atoms with van der Waals surface area (Å²) in [5.74, 6) is 0.957. The average Bonchev–Trinajstić information content (AvgIpc) is 3.35. The SMILES string of the molecule is CCC(=O)N1CCC(NC(=NC)NCc2cnn(-c3ccccc3)c2)C1.I. The Labute approximate surface area is 177 Å². The van der Waals surface area contributed by atoms with Crippen LogP contribution in [0.5, 0.6) is 0 Å². The van der Waals surface area contributed by atoms with Crippen LogP contribution < -0.4 is 10.6 Å². The van der Waals surface area contributed by atoms with Gasteiger partial charge in [0, 0.05) is 50.9 Å². The second-order valence-electron chi connectivity index (χ2n) is 6.38. The van der Waals surface area contributed by atoms with Crippen molar-refractivity contribution in [2.45, 2.75) is 32.4 Å². The van der Waals surface area contributed by atoms with E-state index in [1.165, 1.54) is 0 Å². The van der Waals surface area contributed by atoms with E-state index in [1.807, 2.05) is 59.2 Å². The summed E-state index contributed by atoms with van der Waals surface area (Å²) in [6, 6.07) is 10.3. The van der Waals surface area contributed by atoms with E-state index in [0.717, 1.165) is 36.7 Å². The molecule has 0 spiro atoms. The predicted octanol–water partition coefficient (Wildman–Crippen LogP) is 2.17. The number of benzene rings is 1. The third-order valence-corrected chi connectivity index (χ3v) is 4.52. The molecule has 0 radical (unpaired) electrons. The first kappa shape index (κ1) is 21.2. The topological polar surface area (TPSA) is 74.6 Å². The minimum Gasteiger partial charge on any atom is -0.352 e. The molecule has 1 saturated heterocycles. The molecule has 2 N–H and O–H groups in total. The summed E-state index contributed by atoms with van der Waals surface area (Å²) in [7, 11) is 1.76. The molecule has 1 aromatic heterocycles. The quantitative estimate of drug-likeness (QED) is 0.389. The lowest BCUT2D eigenvalue weighted by molar-refractivity contribution is -0.129. The molecule has 0 aliphatic carbocycles. The number of hydrogen-bond acceptors (Lipinski definition) is 3. The van der Waals surface area contributed by atoms with Crippen molar-refractivity contribution in [3.63, 3.8) is 0 Å². The number of amides is 1. The van der Waals surface area contributed by atoms with Crippen LogP contribution in [-0.2, 0) is 11.3 Å². The molecular formula is C19H27IN6O. The largest absolute Gasteiger partial charge is 0.352 e. The monoisotopic (exact) mass is 482 g/mol. The first-order valence-electron chi connectivity index (χ1n) is 9.03. The van der Waals surface area contributed by atoms with Crippen molar-refractivity contribution >= 4 is 35.8 Å². The van der Waals surface area contributed by atoms with Gasteiger partial charge in [-0.1, -0.05) is 25.1 Å². The van der Waals surface area contributed by atoms with E-state index in [0.29, 0.717) is 13.0 Å². The minimum absolute atomic E-state index is 0. The number of guanidine groups is 1. The van der Waals surface area contributed by atoms with Crippen molar-refractivity contribution in [3.8, 4) is 5.69 Å². The molecule has 1 aromatic carbocycles. The summed E-state index contributed by atoms with van der Waals surface area (Å²) in [6.07, 6.45) is 5.36. The average molecular weight is 482 g/mol. The van der Waals surface area contributed by atoms with Crippen LogP contribution >= 0.6 is 24.0 Å². The fourth-order valence-electron chi connectivity index (χ4n) is 3.08. The smallest absolute Gasteiger partial charge is 0.222 e. The second kappa shape index (κ2) is 10.3. The van der Waals surface area contributed by atoms with Crippen molar-refractivity contribution in [1.82, 2.24) is 25.3 Å². The van der Waals surface area contributed by atoms with Gasteiger partial charge in [0.05, 0.1) is 11.9 Å². The van der Waals surface area contributed by atoms with E-state index in [1.54, 1.807) is 7.05 Å². The number of aliphatic imine (C=N–C) groups is 1. The molecule has 0 saturated carbocycles. The first-order valence-corrected chi connectivity index (χ1v) is 9.03. The van der Waals surface area contributed by atoms with Gasteiger partial charge in [0.25, 0.3) is 0 Å². The molecule has 0 bridgehead atoms. The van der Waals surface area contributed by atoms with Crippen molar-refractivity contribution in [2.75, 3.05) is 20.1 Å². The first-order chi connectivity index (χ1) is 12.7. The molecule has 8 heteroatoms. The summed E-state index contributed by atoms with van der Waals surface area (Å²) in [5.41, 5.74) is 2.11. The zero-order chi connectivity index (χ0) is 18.4. The van der Waals surface area contributed by atoms with Crippen LogP contribution in [0.3, 0.4) is 0 Å². The summed E-state index contributed by atoms with van der Waals surface area (Å²) in [4.78, 5) is 18.0. The number of likely N-dealkylation sites (tertiary alicyclic amines) is 1. The van der Waals surface area contributed by atoms with Crippen LogP contribution in [0.4, 0.5) is 0 Å². The van der Waals surface area contributed by atoms with Gasteiger partial charge in [-0.3, -0.25) is 9.79 Å². The number of nitrogens with one attached hydrogen (secondary N) is 2. The van der Waals surface area contributed by atoms with Crippen LogP contribution in [0.25, 0.3) is 5.69 Å². The van der Waals surface area contributed by atoms with Gasteiger partial charge in [-0.2, -0.15) is 5.10 Å². The number of aromatic nitrogens is 2. The molecule has 2 aromatic rings. The number of carbonyl (C=O) groups excluding carboxylic acids is 1. The van der Waals surface area contributed by atoms with E-state index in [9.17, 15) is 4.79 Å². The highest BCUT2D eigenvalue weighted by molar-refractivity contribution is 14.0. The van der Waals surface area contributed by atoms with Crippen molar-refractivity contribution in [1.29, 1.82) is 0 Å². The maximum absolute atomic E-state index is 11.8. The lowest BCUT2D eigenvalue weighted by Gasteiger charge is -2.18. The van der Waals surface area contributed by atoms with E-state index >= 15 is 0 Å². The Morgan fingerprint density at radius 3 is 2.81 bits per heavy atom. The van der Waals surface area contributed by atoms with Crippen LogP contribution in [0.1, 0.15) is 25.3 Å². The summed E-state index contributed by atoms with van der Waals surface area (Å²) in [6.45, 7) is 4.08. The van der Waals surface area contributed by atoms with Gasteiger partial charge in [-0.15, -0.1) is 24.0 Å². The van der Waals surface area contributed by atoms with Crippen LogP contribution in [-0.4, -0.2) is 52.7 Å². The molecule has 146 valence electrons. The summed E-state index contributed by atoms with van der Waals surface area (Å²) in [5, 5.41) is 11.1. The molecule has 1 amide bonds. The highest BCUT2D eigenvalue weighted by Gasteiger charge is 2.25. The Kier molecular flexibility index (Phi) is 8.08. The van der Waals surface area contributed by atoms with Gasteiger partial charge in [0.1, 0.15) is 0 Å². The van der Waals surface area contributed by atoms with Gasteiger partial charge in [0.2, 0.25) is 5.91 Å². The van der Waals surface area contributed by atoms with Crippen LogP contribution in [0, 0.1) is 0 Å². The highest BCUT2D eigenvalue weighted by Crippen LogP contribution is 2.11. The second-order valence-corrected chi connectivity index (χ2v) is 6.38. The van der Waals surface area contributed by atoms with Gasteiger partial charge < -0.3 is 15.5 Å². The molecule has 27 heavy (non-hydrogen) atoms. The molecule has 1 fully saturated rings. The maximum Gasteiger partial charge on any atom is 0.222 e. The molecule has 1 atom stereocenters. The lowest BCUT2D eigenvalue weighted by atomic mass is 10.3. The van der Waals surface area contributed by atoms with Crippen LogP contribution in [0.15, 0.2) is 47.7 Å². The zero-order valence-corrected chi connectivity index (χ0v) is 18.1. The van der Waals surface area contributed by atoms with Crippen molar-refractivity contribution in [3.05, 3.63) is 48.3 Å². The highest BCUT2D eigenvalue weighted by atomic mass is 127. The molecular weight excluding hydrogens is 455 g/mol. The standard InChI is InChI=1S/C19H26N6O.HI/c1-3-18(26)24-10-9-16(14-24)23-19(20-2)21-11-15-12-22-25(13-15)17-7-5-4-6-8-17;/h4-8,12-13,16H,3,9-11,14H2,1-2H3,(H2,20,21,23);1H. The molecule has 2 heterocycles. The Morgan fingerprint density at radius 2 is 2.11 bits per heavy atom. The van der Waals surface area contributed by atoms with E-state index < -0.39 is 0 Å². The number of para-hydroxylation sites is 1. The molecule has 3 rings (SSSR count). The molecule has 1 aliphatic heterocycles. The molecule has 1 unspecified atom stereocenters.